The summed E-state index contributed by atoms with van der Waals surface area (Å²) in [7, 11) is 0. The fourth-order valence-electron chi connectivity index (χ4n) is 1.34. The largest absolute Gasteiger partial charge is 0.389 e. The van der Waals surface area contributed by atoms with Crippen molar-refractivity contribution in [1.29, 1.82) is 0 Å². The second-order valence-electron chi connectivity index (χ2n) is 3.60. The van der Waals surface area contributed by atoms with E-state index in [1.165, 1.54) is 13.0 Å². The molecule has 0 saturated carbocycles. The van der Waals surface area contributed by atoms with Crippen LogP contribution in [0.1, 0.15) is 18.6 Å². The molecule has 1 aromatic carbocycles. The summed E-state index contributed by atoms with van der Waals surface area (Å²) >= 11 is 0.946. The van der Waals surface area contributed by atoms with Crippen LogP contribution >= 0.6 is 11.8 Å². The van der Waals surface area contributed by atoms with E-state index >= 15 is 0 Å². The molecule has 0 aliphatic carbocycles. The normalized spacial score (nSPS) is 13.5. The van der Waals surface area contributed by atoms with Crippen LogP contribution in [0.4, 0.5) is 5.69 Å². The van der Waals surface area contributed by atoms with E-state index in [9.17, 15) is 15.0 Å². The summed E-state index contributed by atoms with van der Waals surface area (Å²) in [5.74, 6) is 0.113. The average Bonchev–Trinajstić information content (AvgIpc) is 2.35. The molecule has 2 unspecified atom stereocenters. The van der Waals surface area contributed by atoms with Gasteiger partial charge in [-0.05, 0) is 17.2 Å². The van der Waals surface area contributed by atoms with Crippen molar-refractivity contribution in [1.82, 2.24) is 0 Å². The van der Waals surface area contributed by atoms with Crippen LogP contribution in [0.15, 0.2) is 29.4 Å². The second-order valence-corrected chi connectivity index (χ2v) is 4.80. The molecule has 1 rings (SSSR count). The Morgan fingerprint density at radius 1 is 1.56 bits per heavy atom. The zero-order chi connectivity index (χ0) is 13.5. The molecule has 0 saturated heterocycles. The number of benzene rings is 1. The molecule has 0 amide bonds. The molecule has 18 heavy (non-hydrogen) atoms. The standard InChI is InChI=1S/C11H13N3O3S/c1-7(15)18-6-10(16)11(17)8-3-2-4-9(5-8)13-14-12/h2-5,10-11,16-17H,6H2,1H3. The summed E-state index contributed by atoms with van der Waals surface area (Å²) in [4.78, 5) is 13.4. The zero-order valence-corrected chi connectivity index (χ0v) is 10.5. The molecule has 0 aliphatic heterocycles. The van der Waals surface area contributed by atoms with E-state index in [0.29, 0.717) is 11.3 Å². The van der Waals surface area contributed by atoms with Crippen molar-refractivity contribution in [2.75, 3.05) is 5.75 Å². The number of hydrogen-bond acceptors (Lipinski definition) is 5. The SMILES string of the molecule is CC(=O)SCC(O)C(O)c1cccc(N=[N+]=[N-])c1. The number of hydrogen-bond donors (Lipinski definition) is 2. The number of rotatable bonds is 5. The van der Waals surface area contributed by atoms with Crippen LogP contribution in [0.2, 0.25) is 0 Å². The van der Waals surface area contributed by atoms with Crippen molar-refractivity contribution < 1.29 is 15.0 Å². The fourth-order valence-corrected chi connectivity index (χ4v) is 1.93. The number of aliphatic hydroxyl groups excluding tert-OH is 2. The lowest BCUT2D eigenvalue weighted by atomic mass is 10.1. The van der Waals surface area contributed by atoms with Crippen molar-refractivity contribution >= 4 is 22.6 Å². The van der Waals surface area contributed by atoms with Crippen molar-refractivity contribution in [3.05, 3.63) is 40.3 Å². The van der Waals surface area contributed by atoms with Gasteiger partial charge in [-0.15, -0.1) is 0 Å². The molecule has 2 atom stereocenters. The molecular weight excluding hydrogens is 254 g/mol. The Kier molecular flexibility index (Phi) is 5.67. The Morgan fingerprint density at radius 2 is 2.28 bits per heavy atom. The van der Waals surface area contributed by atoms with Crippen LogP contribution in [0.3, 0.4) is 0 Å². The maximum Gasteiger partial charge on any atom is 0.185 e. The van der Waals surface area contributed by atoms with Crippen LogP contribution in [0.5, 0.6) is 0 Å². The Balaban J connectivity index is 2.76. The van der Waals surface area contributed by atoms with Gasteiger partial charge in [0.15, 0.2) is 5.12 Å². The Morgan fingerprint density at radius 3 is 2.89 bits per heavy atom. The van der Waals surface area contributed by atoms with E-state index in [0.717, 1.165) is 11.8 Å². The maximum atomic E-state index is 10.8. The highest BCUT2D eigenvalue weighted by atomic mass is 32.2. The first-order valence-electron chi connectivity index (χ1n) is 5.19. The highest BCUT2D eigenvalue weighted by Gasteiger charge is 2.19. The van der Waals surface area contributed by atoms with Crippen LogP contribution in [-0.2, 0) is 4.79 Å². The van der Waals surface area contributed by atoms with Crippen molar-refractivity contribution in [2.45, 2.75) is 19.1 Å². The molecule has 6 nitrogen and oxygen atoms in total. The van der Waals surface area contributed by atoms with Crippen LogP contribution in [-0.4, -0.2) is 27.2 Å². The third-order valence-electron chi connectivity index (χ3n) is 2.19. The monoisotopic (exact) mass is 267 g/mol. The van der Waals surface area contributed by atoms with E-state index in [1.807, 2.05) is 0 Å². The number of carbonyl (C=O) groups is 1. The van der Waals surface area contributed by atoms with E-state index in [4.69, 9.17) is 5.53 Å². The lowest BCUT2D eigenvalue weighted by Gasteiger charge is -2.17. The van der Waals surface area contributed by atoms with Gasteiger partial charge >= 0.3 is 0 Å². The van der Waals surface area contributed by atoms with Gasteiger partial charge in [0, 0.05) is 23.3 Å². The lowest BCUT2D eigenvalue weighted by Crippen LogP contribution is -2.21. The highest BCUT2D eigenvalue weighted by Crippen LogP contribution is 2.24. The molecule has 0 spiro atoms. The highest BCUT2D eigenvalue weighted by molar-refractivity contribution is 8.13. The molecule has 0 aliphatic rings. The molecule has 0 fully saturated rings. The van der Waals surface area contributed by atoms with E-state index in [1.54, 1.807) is 18.2 Å². The van der Waals surface area contributed by atoms with Gasteiger partial charge in [-0.3, -0.25) is 4.79 Å². The summed E-state index contributed by atoms with van der Waals surface area (Å²) in [6.07, 6.45) is -2.18. The van der Waals surface area contributed by atoms with Gasteiger partial charge in [0.05, 0.1) is 6.10 Å². The Bertz CT molecular complexity index is 474. The van der Waals surface area contributed by atoms with Gasteiger partial charge in [-0.25, -0.2) is 0 Å². The molecule has 7 heteroatoms. The lowest BCUT2D eigenvalue weighted by molar-refractivity contribution is -0.109. The molecule has 2 N–H and O–H groups in total. The van der Waals surface area contributed by atoms with Gasteiger partial charge in [0.25, 0.3) is 0 Å². The second kappa shape index (κ2) is 7.03. The van der Waals surface area contributed by atoms with E-state index in [-0.39, 0.29) is 10.9 Å². The summed E-state index contributed by atoms with van der Waals surface area (Å²) in [5.41, 5.74) is 9.11. The minimum Gasteiger partial charge on any atom is -0.389 e. The summed E-state index contributed by atoms with van der Waals surface area (Å²) in [5, 5.41) is 22.9. The average molecular weight is 267 g/mol. The number of aliphatic hydroxyl groups is 2. The molecule has 0 aromatic heterocycles. The Hall–Kier alpha value is -1.53. The summed E-state index contributed by atoms with van der Waals surface area (Å²) in [6.45, 7) is 1.39. The number of thioether (sulfide) groups is 1. The number of nitrogens with zero attached hydrogens (tertiary/aromatic N) is 3. The maximum absolute atomic E-state index is 10.8. The third-order valence-corrected chi connectivity index (χ3v) is 3.11. The predicted octanol–water partition coefficient (Wildman–Crippen LogP) is 2.30. The molecular formula is C11H13N3O3S. The van der Waals surface area contributed by atoms with E-state index < -0.39 is 12.2 Å². The molecule has 0 heterocycles. The Labute approximate surface area is 108 Å². The summed E-state index contributed by atoms with van der Waals surface area (Å²) < 4.78 is 0. The van der Waals surface area contributed by atoms with Gasteiger partial charge in [0.1, 0.15) is 6.10 Å². The topological polar surface area (TPSA) is 106 Å². The van der Waals surface area contributed by atoms with Crippen LogP contribution in [0, 0.1) is 0 Å². The molecule has 96 valence electrons. The first-order chi connectivity index (χ1) is 8.54. The number of azide groups is 1. The first-order valence-corrected chi connectivity index (χ1v) is 6.17. The van der Waals surface area contributed by atoms with Crippen LogP contribution in [0.25, 0.3) is 10.4 Å². The van der Waals surface area contributed by atoms with Crippen LogP contribution < -0.4 is 0 Å². The summed E-state index contributed by atoms with van der Waals surface area (Å²) in [6, 6.07) is 6.31. The molecule has 0 bridgehead atoms. The first kappa shape index (κ1) is 14.5. The van der Waals surface area contributed by atoms with Gasteiger partial charge in [-0.1, -0.05) is 35.1 Å². The van der Waals surface area contributed by atoms with Gasteiger partial charge < -0.3 is 10.2 Å². The minimum atomic E-state index is -1.12. The van der Waals surface area contributed by atoms with Crippen molar-refractivity contribution in [3.8, 4) is 0 Å². The number of carbonyl (C=O) groups excluding carboxylic acids is 1. The van der Waals surface area contributed by atoms with Gasteiger partial charge in [-0.2, -0.15) is 0 Å². The van der Waals surface area contributed by atoms with E-state index in [2.05, 4.69) is 10.0 Å². The molecule has 0 radical (unpaired) electrons. The van der Waals surface area contributed by atoms with Gasteiger partial charge in [0.2, 0.25) is 0 Å². The quantitative estimate of drug-likeness (QED) is 0.485. The third kappa shape index (κ3) is 4.38. The predicted molar refractivity (Wildman–Crippen MR) is 69.4 cm³/mol. The van der Waals surface area contributed by atoms with Crippen molar-refractivity contribution in [3.63, 3.8) is 0 Å². The smallest absolute Gasteiger partial charge is 0.185 e. The molecule has 1 aromatic rings. The zero-order valence-electron chi connectivity index (χ0n) is 9.72. The fraction of sp³-hybridized carbons (Fsp3) is 0.364. The van der Waals surface area contributed by atoms with Crippen molar-refractivity contribution in [2.24, 2.45) is 5.11 Å². The minimum absolute atomic E-state index is 0.113.